The third kappa shape index (κ3) is 3.56. The summed E-state index contributed by atoms with van der Waals surface area (Å²) in [5, 5.41) is 18.0. The lowest BCUT2D eigenvalue weighted by Crippen LogP contribution is -2.33. The average molecular weight is 280 g/mol. The first-order valence-electron chi connectivity index (χ1n) is 5.59. The molecule has 2 aromatic rings. The van der Waals surface area contributed by atoms with E-state index in [1.807, 2.05) is 0 Å². The van der Waals surface area contributed by atoms with Gasteiger partial charge in [-0.25, -0.2) is 8.78 Å². The Morgan fingerprint density at radius 1 is 1.00 bits per heavy atom. The Balaban J connectivity index is 2.12. The highest BCUT2D eigenvalue weighted by molar-refractivity contribution is 7.98. The lowest BCUT2D eigenvalue weighted by atomic mass is 9.79. The number of benzene rings is 2. The van der Waals surface area contributed by atoms with E-state index in [2.05, 4.69) is 0 Å². The van der Waals surface area contributed by atoms with Crippen molar-refractivity contribution >= 4 is 24.3 Å². The predicted octanol–water partition coefficient (Wildman–Crippen LogP) is 1.94. The number of halogens is 2. The maximum absolute atomic E-state index is 13.4. The molecule has 6 heteroatoms. The molecule has 0 spiro atoms. The van der Waals surface area contributed by atoms with Crippen LogP contribution in [0.3, 0.4) is 0 Å². The van der Waals surface area contributed by atoms with Crippen molar-refractivity contribution in [1.29, 1.82) is 0 Å². The van der Waals surface area contributed by atoms with Gasteiger partial charge in [0.1, 0.15) is 11.6 Å². The van der Waals surface area contributed by atoms with Crippen LogP contribution in [0, 0.1) is 11.6 Å². The SMILES string of the molecule is OB(O)c1cc(CSc2ccccc2F)ccc1F. The van der Waals surface area contributed by atoms with E-state index in [0.717, 1.165) is 0 Å². The van der Waals surface area contributed by atoms with Crippen molar-refractivity contribution in [1.82, 2.24) is 0 Å². The minimum absolute atomic E-state index is 0.174. The standard InChI is InChI=1S/C13H11BF2O2S/c15-11-6-5-9(7-10(11)14(17)18)8-19-13-4-2-1-3-12(13)16/h1-7,17-18H,8H2. The smallest absolute Gasteiger partial charge is 0.423 e. The lowest BCUT2D eigenvalue weighted by Gasteiger charge is -2.06. The van der Waals surface area contributed by atoms with Gasteiger partial charge in [0.15, 0.2) is 0 Å². The molecule has 0 aliphatic heterocycles. The first-order valence-corrected chi connectivity index (χ1v) is 6.58. The van der Waals surface area contributed by atoms with Gasteiger partial charge in [-0.2, -0.15) is 0 Å². The largest absolute Gasteiger partial charge is 0.491 e. The zero-order chi connectivity index (χ0) is 13.8. The number of hydrogen-bond acceptors (Lipinski definition) is 3. The van der Waals surface area contributed by atoms with Gasteiger partial charge in [0.25, 0.3) is 0 Å². The van der Waals surface area contributed by atoms with Gasteiger partial charge in [0, 0.05) is 16.1 Å². The van der Waals surface area contributed by atoms with E-state index in [1.54, 1.807) is 18.2 Å². The van der Waals surface area contributed by atoms with E-state index in [-0.39, 0.29) is 11.3 Å². The Labute approximate surface area is 114 Å². The molecular weight excluding hydrogens is 269 g/mol. The van der Waals surface area contributed by atoms with Crippen LogP contribution in [0.5, 0.6) is 0 Å². The number of hydrogen-bond donors (Lipinski definition) is 2. The summed E-state index contributed by atoms with van der Waals surface area (Å²) in [6, 6.07) is 10.5. The second-order valence-corrected chi connectivity index (χ2v) is 4.97. The number of rotatable bonds is 4. The van der Waals surface area contributed by atoms with Crippen molar-refractivity contribution in [2.75, 3.05) is 0 Å². The molecule has 0 atom stereocenters. The van der Waals surface area contributed by atoms with Crippen molar-refractivity contribution < 1.29 is 18.8 Å². The molecule has 2 aromatic carbocycles. The second kappa shape index (κ2) is 6.19. The Bertz CT molecular complexity index is 578. The van der Waals surface area contributed by atoms with E-state index in [0.29, 0.717) is 16.2 Å². The molecule has 0 fully saturated rings. The lowest BCUT2D eigenvalue weighted by molar-refractivity contribution is 0.423. The third-order valence-electron chi connectivity index (χ3n) is 2.57. The van der Waals surface area contributed by atoms with Gasteiger partial charge in [-0.3, -0.25) is 0 Å². The first-order chi connectivity index (χ1) is 9.08. The molecule has 0 radical (unpaired) electrons. The van der Waals surface area contributed by atoms with Gasteiger partial charge in [0.05, 0.1) is 0 Å². The van der Waals surface area contributed by atoms with Crippen LogP contribution in [0.2, 0.25) is 0 Å². The van der Waals surface area contributed by atoms with Crippen LogP contribution in [0.15, 0.2) is 47.4 Å². The monoisotopic (exact) mass is 280 g/mol. The van der Waals surface area contributed by atoms with E-state index in [1.165, 1.54) is 36.0 Å². The highest BCUT2D eigenvalue weighted by atomic mass is 32.2. The van der Waals surface area contributed by atoms with Crippen molar-refractivity contribution in [2.24, 2.45) is 0 Å². The maximum Gasteiger partial charge on any atom is 0.491 e. The molecule has 0 amide bonds. The van der Waals surface area contributed by atoms with Crippen LogP contribution in [0.1, 0.15) is 5.56 Å². The maximum atomic E-state index is 13.4. The summed E-state index contributed by atoms with van der Waals surface area (Å²) >= 11 is 1.27. The Morgan fingerprint density at radius 3 is 2.42 bits per heavy atom. The quantitative estimate of drug-likeness (QED) is 0.664. The minimum atomic E-state index is -1.85. The molecule has 0 saturated carbocycles. The zero-order valence-electron chi connectivity index (χ0n) is 9.88. The van der Waals surface area contributed by atoms with E-state index < -0.39 is 12.9 Å². The predicted molar refractivity (Wildman–Crippen MR) is 72.2 cm³/mol. The topological polar surface area (TPSA) is 40.5 Å². The fourth-order valence-electron chi connectivity index (χ4n) is 1.60. The third-order valence-corrected chi connectivity index (χ3v) is 3.69. The van der Waals surface area contributed by atoms with Gasteiger partial charge >= 0.3 is 7.12 Å². The minimum Gasteiger partial charge on any atom is -0.423 e. The van der Waals surface area contributed by atoms with Crippen molar-refractivity contribution in [3.8, 4) is 0 Å². The summed E-state index contributed by atoms with van der Waals surface area (Å²) in [6.07, 6.45) is 0. The summed E-state index contributed by atoms with van der Waals surface area (Å²) in [7, 11) is -1.85. The summed E-state index contributed by atoms with van der Waals surface area (Å²) in [4.78, 5) is 0.498. The van der Waals surface area contributed by atoms with Crippen molar-refractivity contribution in [2.45, 2.75) is 10.6 Å². The fourth-order valence-corrected chi connectivity index (χ4v) is 2.49. The van der Waals surface area contributed by atoms with Crippen molar-refractivity contribution in [3.63, 3.8) is 0 Å². The van der Waals surface area contributed by atoms with Crippen LogP contribution >= 0.6 is 11.8 Å². The van der Waals surface area contributed by atoms with Gasteiger partial charge in [-0.15, -0.1) is 11.8 Å². The molecule has 2 nitrogen and oxygen atoms in total. The fraction of sp³-hybridized carbons (Fsp3) is 0.0769. The van der Waals surface area contributed by atoms with Gasteiger partial charge < -0.3 is 10.0 Å². The molecule has 0 bridgehead atoms. The van der Waals surface area contributed by atoms with Crippen LogP contribution in [0.25, 0.3) is 0 Å². The zero-order valence-corrected chi connectivity index (χ0v) is 10.7. The Hall–Kier alpha value is -1.37. The van der Waals surface area contributed by atoms with Crippen molar-refractivity contribution in [3.05, 3.63) is 59.7 Å². The molecule has 98 valence electrons. The molecule has 0 aromatic heterocycles. The molecule has 0 aliphatic rings. The molecule has 2 rings (SSSR count). The molecule has 0 unspecified atom stereocenters. The molecular formula is C13H11BF2O2S. The van der Waals surface area contributed by atoms with Crippen LogP contribution in [0.4, 0.5) is 8.78 Å². The van der Waals surface area contributed by atoms with Gasteiger partial charge in [0.2, 0.25) is 0 Å². The average Bonchev–Trinajstić information content (AvgIpc) is 2.39. The van der Waals surface area contributed by atoms with E-state index in [4.69, 9.17) is 10.0 Å². The first kappa shape index (κ1) is 14.1. The molecule has 0 heterocycles. The van der Waals surface area contributed by atoms with Crippen LogP contribution in [-0.2, 0) is 5.75 Å². The second-order valence-electron chi connectivity index (χ2n) is 3.95. The molecule has 0 saturated heterocycles. The van der Waals surface area contributed by atoms with Gasteiger partial charge in [-0.05, 0) is 23.8 Å². The highest BCUT2D eigenvalue weighted by Gasteiger charge is 2.16. The normalized spacial score (nSPS) is 10.5. The number of thioether (sulfide) groups is 1. The van der Waals surface area contributed by atoms with Crippen LogP contribution < -0.4 is 5.46 Å². The molecule has 0 aliphatic carbocycles. The molecule has 2 N–H and O–H groups in total. The Morgan fingerprint density at radius 2 is 1.74 bits per heavy atom. The molecule has 19 heavy (non-hydrogen) atoms. The summed E-state index contributed by atoms with van der Waals surface area (Å²) in [6.45, 7) is 0. The van der Waals surface area contributed by atoms with Gasteiger partial charge in [-0.1, -0.05) is 24.3 Å². The van der Waals surface area contributed by atoms with E-state index >= 15 is 0 Å². The summed E-state index contributed by atoms with van der Waals surface area (Å²) < 4.78 is 26.7. The Kier molecular flexibility index (Phi) is 4.58. The van der Waals surface area contributed by atoms with Crippen LogP contribution in [-0.4, -0.2) is 17.2 Å². The highest BCUT2D eigenvalue weighted by Crippen LogP contribution is 2.24. The van der Waals surface area contributed by atoms with E-state index in [9.17, 15) is 8.78 Å². The summed E-state index contributed by atoms with van der Waals surface area (Å²) in [5.74, 6) is -0.562. The summed E-state index contributed by atoms with van der Waals surface area (Å²) in [5.41, 5.74) is 0.518.